The van der Waals surface area contributed by atoms with E-state index >= 15 is 0 Å². The highest BCUT2D eigenvalue weighted by atomic mass is 19.1. The first-order valence-electron chi connectivity index (χ1n) is 7.00. The van der Waals surface area contributed by atoms with E-state index in [-0.39, 0.29) is 18.2 Å². The molecule has 0 amide bonds. The van der Waals surface area contributed by atoms with Gasteiger partial charge in [-0.3, -0.25) is 4.99 Å². The second-order valence-electron chi connectivity index (χ2n) is 4.82. The van der Waals surface area contributed by atoms with Gasteiger partial charge < -0.3 is 10.6 Å². The Morgan fingerprint density at radius 1 is 1.09 bits per heavy atom. The van der Waals surface area contributed by atoms with Crippen LogP contribution < -0.4 is 10.6 Å². The summed E-state index contributed by atoms with van der Waals surface area (Å²) >= 11 is 0. The lowest BCUT2D eigenvalue weighted by Crippen LogP contribution is -2.36. The Labute approximate surface area is 133 Å². The SMILES string of the molecule is CN=C(NCc1ccc(F)cc1)NCc1cc(C#N)ccc1F. The second-order valence-corrected chi connectivity index (χ2v) is 4.82. The molecule has 0 bridgehead atoms. The number of halogens is 2. The number of hydrogen-bond donors (Lipinski definition) is 2. The summed E-state index contributed by atoms with van der Waals surface area (Å²) in [5.74, 6) is -0.189. The third kappa shape index (κ3) is 4.78. The molecule has 0 fully saturated rings. The molecule has 2 rings (SSSR count). The fourth-order valence-electron chi connectivity index (χ4n) is 1.97. The van der Waals surface area contributed by atoms with Crippen molar-refractivity contribution in [3.8, 4) is 6.07 Å². The zero-order valence-corrected chi connectivity index (χ0v) is 12.6. The standard InChI is InChI=1S/C17H16F2N4/c1-21-17(22-10-12-2-5-15(18)6-3-12)23-11-14-8-13(9-20)4-7-16(14)19/h2-8H,10-11H2,1H3,(H2,21,22,23). The number of nitrogens with zero attached hydrogens (tertiary/aromatic N) is 2. The molecule has 0 radical (unpaired) electrons. The van der Waals surface area contributed by atoms with E-state index in [9.17, 15) is 8.78 Å². The lowest BCUT2D eigenvalue weighted by Gasteiger charge is -2.12. The lowest BCUT2D eigenvalue weighted by molar-refractivity contribution is 0.604. The van der Waals surface area contributed by atoms with E-state index in [0.29, 0.717) is 23.6 Å². The Morgan fingerprint density at radius 3 is 2.43 bits per heavy atom. The van der Waals surface area contributed by atoms with Crippen LogP contribution in [0.4, 0.5) is 8.78 Å². The van der Waals surface area contributed by atoms with Gasteiger partial charge in [-0.1, -0.05) is 12.1 Å². The van der Waals surface area contributed by atoms with Crippen molar-refractivity contribution in [2.45, 2.75) is 13.1 Å². The topological polar surface area (TPSA) is 60.2 Å². The van der Waals surface area contributed by atoms with Gasteiger partial charge in [0.25, 0.3) is 0 Å². The van der Waals surface area contributed by atoms with E-state index in [4.69, 9.17) is 5.26 Å². The molecule has 0 saturated heterocycles. The summed E-state index contributed by atoms with van der Waals surface area (Å²) in [6.45, 7) is 0.658. The van der Waals surface area contributed by atoms with Crippen molar-refractivity contribution in [2.24, 2.45) is 4.99 Å². The highest BCUT2D eigenvalue weighted by Crippen LogP contribution is 2.09. The van der Waals surface area contributed by atoms with Crippen molar-refractivity contribution in [3.05, 3.63) is 70.8 Å². The Kier molecular flexibility index (Phi) is 5.64. The summed E-state index contributed by atoms with van der Waals surface area (Å²) in [6.07, 6.45) is 0. The molecule has 0 aliphatic heterocycles. The summed E-state index contributed by atoms with van der Waals surface area (Å²) in [5.41, 5.74) is 1.68. The first-order chi connectivity index (χ1) is 11.1. The smallest absolute Gasteiger partial charge is 0.191 e. The molecule has 0 heterocycles. The van der Waals surface area contributed by atoms with Crippen molar-refractivity contribution in [2.75, 3.05) is 7.05 Å². The highest BCUT2D eigenvalue weighted by molar-refractivity contribution is 5.79. The molecule has 4 nitrogen and oxygen atoms in total. The predicted octanol–water partition coefficient (Wildman–Crippen LogP) is 2.70. The number of hydrogen-bond acceptors (Lipinski definition) is 2. The summed E-state index contributed by atoms with van der Waals surface area (Å²) in [7, 11) is 1.60. The normalized spacial score (nSPS) is 11.0. The molecule has 0 aromatic heterocycles. The maximum atomic E-state index is 13.7. The van der Waals surface area contributed by atoms with Crippen molar-refractivity contribution in [1.82, 2.24) is 10.6 Å². The van der Waals surface area contributed by atoms with E-state index in [1.54, 1.807) is 19.2 Å². The first-order valence-corrected chi connectivity index (χ1v) is 7.00. The first kappa shape index (κ1) is 16.4. The van der Waals surface area contributed by atoms with Crippen molar-refractivity contribution in [3.63, 3.8) is 0 Å². The number of benzene rings is 2. The molecule has 2 aromatic rings. The highest BCUT2D eigenvalue weighted by Gasteiger charge is 2.05. The second kappa shape index (κ2) is 7.90. The van der Waals surface area contributed by atoms with E-state index in [0.717, 1.165) is 5.56 Å². The molecule has 0 spiro atoms. The minimum atomic E-state index is -0.384. The van der Waals surface area contributed by atoms with Gasteiger partial charge in [0.15, 0.2) is 5.96 Å². The van der Waals surface area contributed by atoms with Gasteiger partial charge >= 0.3 is 0 Å². The molecule has 2 aromatic carbocycles. The average Bonchev–Trinajstić information content (AvgIpc) is 2.58. The number of rotatable bonds is 4. The molecule has 6 heteroatoms. The van der Waals surface area contributed by atoms with Gasteiger partial charge in [-0.25, -0.2) is 8.78 Å². The summed E-state index contributed by atoms with van der Waals surface area (Å²) < 4.78 is 26.5. The largest absolute Gasteiger partial charge is 0.352 e. The number of nitrogens with one attached hydrogen (secondary N) is 2. The van der Waals surface area contributed by atoms with E-state index < -0.39 is 0 Å². The Bertz CT molecular complexity index is 733. The van der Waals surface area contributed by atoms with Gasteiger partial charge in [0.1, 0.15) is 11.6 Å². The van der Waals surface area contributed by atoms with Crippen LogP contribution in [0.25, 0.3) is 0 Å². The summed E-state index contributed by atoms with van der Waals surface area (Å²) in [5, 5.41) is 14.9. The maximum absolute atomic E-state index is 13.7. The molecule has 23 heavy (non-hydrogen) atoms. The Hall–Kier alpha value is -2.94. The molecule has 0 atom stereocenters. The van der Waals surface area contributed by atoms with Crippen LogP contribution in [-0.4, -0.2) is 13.0 Å². The quantitative estimate of drug-likeness (QED) is 0.674. The van der Waals surface area contributed by atoms with Crippen LogP contribution in [0.15, 0.2) is 47.5 Å². The molecule has 0 unspecified atom stereocenters. The van der Waals surface area contributed by atoms with Crippen LogP contribution in [0.3, 0.4) is 0 Å². The van der Waals surface area contributed by atoms with Gasteiger partial charge in [0, 0.05) is 25.7 Å². The van der Waals surface area contributed by atoms with Crippen LogP contribution in [-0.2, 0) is 13.1 Å². The predicted molar refractivity (Wildman–Crippen MR) is 84.6 cm³/mol. The van der Waals surface area contributed by atoms with Gasteiger partial charge in [-0.2, -0.15) is 5.26 Å². The summed E-state index contributed by atoms with van der Waals surface area (Å²) in [4.78, 5) is 4.04. The van der Waals surface area contributed by atoms with Crippen LogP contribution in [0.1, 0.15) is 16.7 Å². The fraction of sp³-hybridized carbons (Fsp3) is 0.176. The maximum Gasteiger partial charge on any atom is 0.191 e. The molecular formula is C17H16F2N4. The fourth-order valence-corrected chi connectivity index (χ4v) is 1.97. The van der Waals surface area contributed by atoms with Crippen LogP contribution in [0.2, 0.25) is 0 Å². The van der Waals surface area contributed by atoms with E-state index in [2.05, 4.69) is 15.6 Å². The number of aliphatic imine (C=N–C) groups is 1. The monoisotopic (exact) mass is 314 g/mol. The molecule has 0 saturated carbocycles. The molecule has 2 N–H and O–H groups in total. The van der Waals surface area contributed by atoms with Gasteiger partial charge in [0.2, 0.25) is 0 Å². The van der Waals surface area contributed by atoms with Crippen LogP contribution >= 0.6 is 0 Å². The van der Waals surface area contributed by atoms with Crippen molar-refractivity contribution >= 4 is 5.96 Å². The van der Waals surface area contributed by atoms with Crippen LogP contribution in [0, 0.1) is 23.0 Å². The Balaban J connectivity index is 1.93. The van der Waals surface area contributed by atoms with Gasteiger partial charge in [-0.05, 0) is 35.9 Å². The number of nitriles is 1. The zero-order chi connectivity index (χ0) is 16.7. The van der Waals surface area contributed by atoms with Gasteiger partial charge in [0.05, 0.1) is 11.6 Å². The van der Waals surface area contributed by atoms with Crippen LogP contribution in [0.5, 0.6) is 0 Å². The Morgan fingerprint density at radius 2 is 1.78 bits per heavy atom. The van der Waals surface area contributed by atoms with Crippen molar-refractivity contribution in [1.29, 1.82) is 5.26 Å². The number of guanidine groups is 1. The minimum absolute atomic E-state index is 0.199. The minimum Gasteiger partial charge on any atom is -0.352 e. The van der Waals surface area contributed by atoms with E-state index in [1.165, 1.54) is 30.3 Å². The average molecular weight is 314 g/mol. The molecular weight excluding hydrogens is 298 g/mol. The third-order valence-electron chi connectivity index (χ3n) is 3.22. The third-order valence-corrected chi connectivity index (χ3v) is 3.22. The molecule has 118 valence electrons. The van der Waals surface area contributed by atoms with Gasteiger partial charge in [-0.15, -0.1) is 0 Å². The molecule has 0 aliphatic rings. The lowest BCUT2D eigenvalue weighted by atomic mass is 10.1. The zero-order valence-electron chi connectivity index (χ0n) is 12.6. The summed E-state index contributed by atoms with van der Waals surface area (Å²) in [6, 6.07) is 12.3. The molecule has 0 aliphatic carbocycles. The van der Waals surface area contributed by atoms with E-state index in [1.807, 2.05) is 6.07 Å². The van der Waals surface area contributed by atoms with Crippen molar-refractivity contribution < 1.29 is 8.78 Å².